The summed E-state index contributed by atoms with van der Waals surface area (Å²) in [5, 5.41) is 3.94. The summed E-state index contributed by atoms with van der Waals surface area (Å²) in [5.74, 6) is 0.878. The number of halogens is 1. The summed E-state index contributed by atoms with van der Waals surface area (Å²) in [6.45, 7) is 7.09. The second kappa shape index (κ2) is 9.84. The molecule has 2 amide bonds. The maximum Gasteiger partial charge on any atom is 0.410 e. The highest BCUT2D eigenvalue weighted by atomic mass is 35.5. The molecule has 2 saturated heterocycles. The molecule has 3 aliphatic rings. The van der Waals surface area contributed by atoms with Gasteiger partial charge in [-0.2, -0.15) is 0 Å². The minimum atomic E-state index is -0.528. The van der Waals surface area contributed by atoms with Crippen LogP contribution >= 0.6 is 11.6 Å². The van der Waals surface area contributed by atoms with E-state index in [0.717, 1.165) is 17.9 Å². The van der Waals surface area contributed by atoms with Crippen molar-refractivity contribution in [1.29, 1.82) is 0 Å². The molecule has 220 valence electrons. The quantitative estimate of drug-likeness (QED) is 0.341. The summed E-state index contributed by atoms with van der Waals surface area (Å²) in [5.41, 5.74) is 1.67. The average molecular weight is 598 g/mol. The lowest BCUT2D eigenvalue weighted by molar-refractivity contribution is 0.0142. The van der Waals surface area contributed by atoms with Crippen LogP contribution in [0.15, 0.2) is 77.9 Å². The van der Waals surface area contributed by atoms with Gasteiger partial charge in [0.25, 0.3) is 5.91 Å². The fourth-order valence-corrected chi connectivity index (χ4v) is 6.83. The number of nitrogens with zero attached hydrogens (tertiary/aromatic N) is 4. The van der Waals surface area contributed by atoms with Crippen LogP contribution in [0.5, 0.6) is 0 Å². The molecule has 0 bridgehead atoms. The van der Waals surface area contributed by atoms with Crippen LogP contribution in [-0.4, -0.2) is 56.7 Å². The molecule has 4 aromatic rings. The first-order valence-electron chi connectivity index (χ1n) is 14.5. The fourth-order valence-electron chi connectivity index (χ4n) is 6.67. The van der Waals surface area contributed by atoms with Crippen molar-refractivity contribution in [3.63, 3.8) is 0 Å². The summed E-state index contributed by atoms with van der Waals surface area (Å²) in [4.78, 5) is 47.9. The van der Waals surface area contributed by atoms with E-state index in [1.165, 1.54) is 0 Å². The van der Waals surface area contributed by atoms with E-state index in [4.69, 9.17) is 16.3 Å². The van der Waals surface area contributed by atoms with E-state index in [1.54, 1.807) is 36.7 Å². The number of para-hydroxylation sites is 1. The van der Waals surface area contributed by atoms with Crippen molar-refractivity contribution in [2.24, 2.45) is 5.92 Å². The van der Waals surface area contributed by atoms with Gasteiger partial charge >= 0.3 is 6.09 Å². The Morgan fingerprint density at radius 3 is 2.60 bits per heavy atom. The molecule has 7 rings (SSSR count). The van der Waals surface area contributed by atoms with Crippen LogP contribution in [0.25, 0.3) is 16.6 Å². The fraction of sp³-hybridized carbons (Fsp3) is 0.333. The number of pyridine rings is 2. The zero-order valence-electron chi connectivity index (χ0n) is 24.2. The van der Waals surface area contributed by atoms with Gasteiger partial charge in [0, 0.05) is 59.6 Å². The van der Waals surface area contributed by atoms with Crippen molar-refractivity contribution in [2.75, 3.05) is 18.0 Å². The third kappa shape index (κ3) is 4.63. The summed E-state index contributed by atoms with van der Waals surface area (Å²) in [6, 6.07) is 18.6. The Kier molecular flexibility index (Phi) is 6.28. The smallest absolute Gasteiger partial charge is 0.410 e. The number of carbonyl (C=O) groups excluding carboxylic acids is 2. The first-order chi connectivity index (χ1) is 20.5. The molecule has 4 heterocycles. The maximum absolute atomic E-state index is 13.3. The first-order valence-corrected chi connectivity index (χ1v) is 14.8. The number of rotatable bonds is 5. The van der Waals surface area contributed by atoms with Crippen LogP contribution in [0.1, 0.15) is 43.1 Å². The molecule has 0 radical (unpaired) electrons. The van der Waals surface area contributed by atoms with Gasteiger partial charge in [-0.05, 0) is 69.7 Å². The lowest BCUT2D eigenvalue weighted by Crippen LogP contribution is -2.67. The van der Waals surface area contributed by atoms with E-state index in [2.05, 4.69) is 15.2 Å². The number of amides is 2. The van der Waals surface area contributed by atoms with Crippen molar-refractivity contribution in [3.05, 3.63) is 99.4 Å². The third-order valence-corrected chi connectivity index (χ3v) is 9.01. The highest BCUT2D eigenvalue weighted by Crippen LogP contribution is 2.64. The minimum Gasteiger partial charge on any atom is -0.444 e. The molecule has 2 aromatic heterocycles. The number of nitrogens with one attached hydrogen (secondary N) is 1. The number of fused-ring (bicyclic) bond motifs is 1. The highest BCUT2D eigenvalue weighted by molar-refractivity contribution is 6.31. The molecule has 2 aliphatic heterocycles. The van der Waals surface area contributed by atoms with E-state index in [9.17, 15) is 14.4 Å². The third-order valence-electron chi connectivity index (χ3n) is 8.78. The van der Waals surface area contributed by atoms with Crippen LogP contribution in [-0.2, 0) is 11.3 Å². The Morgan fingerprint density at radius 1 is 1.09 bits per heavy atom. The number of aromatic nitrogens is 2. The van der Waals surface area contributed by atoms with Crippen molar-refractivity contribution in [3.8, 4) is 5.69 Å². The van der Waals surface area contributed by atoms with Gasteiger partial charge in [0.15, 0.2) is 5.43 Å². The normalized spacial score (nSPS) is 22.0. The number of carbonyl (C=O) groups is 2. The van der Waals surface area contributed by atoms with Crippen LogP contribution in [0, 0.1) is 5.92 Å². The van der Waals surface area contributed by atoms with Crippen molar-refractivity contribution < 1.29 is 14.3 Å². The van der Waals surface area contributed by atoms with E-state index < -0.39 is 5.60 Å². The van der Waals surface area contributed by atoms with Crippen LogP contribution in [0.4, 0.5) is 10.6 Å². The summed E-state index contributed by atoms with van der Waals surface area (Å²) >= 11 is 6.26. The lowest BCUT2D eigenvalue weighted by atomic mass is 9.93. The number of benzene rings is 2. The Labute approximate surface area is 254 Å². The minimum absolute atomic E-state index is 0.0594. The summed E-state index contributed by atoms with van der Waals surface area (Å²) < 4.78 is 7.54. The van der Waals surface area contributed by atoms with Gasteiger partial charge in [0.05, 0.1) is 22.7 Å². The first kappa shape index (κ1) is 27.5. The van der Waals surface area contributed by atoms with Gasteiger partial charge in [0.1, 0.15) is 11.4 Å². The number of ether oxygens (including phenoxy) is 1. The largest absolute Gasteiger partial charge is 0.444 e. The second-order valence-electron chi connectivity index (χ2n) is 12.6. The number of anilines is 1. The van der Waals surface area contributed by atoms with Gasteiger partial charge in [-0.1, -0.05) is 29.8 Å². The van der Waals surface area contributed by atoms with Crippen LogP contribution < -0.4 is 15.6 Å². The molecule has 3 fully saturated rings. The summed E-state index contributed by atoms with van der Waals surface area (Å²) in [7, 11) is 0. The van der Waals surface area contributed by atoms with Gasteiger partial charge in [-0.25, -0.2) is 9.78 Å². The molecule has 1 aliphatic carbocycles. The standard InChI is InChI=1S/C33H32ClN5O4/c1-32(2,3)43-31(42)38-18-22-14-33(22)27(38)19-39(33)28-12-9-20(15-35-28)30(41)36-16-21-17-37(24-7-5-4-6-8-24)26-13-23(34)10-11-25(26)29(21)40/h4-13,15,17,22,27H,14,16,18-19H2,1-3H3,(H,36,41). The molecular formula is C33H32ClN5O4. The predicted molar refractivity (Wildman–Crippen MR) is 165 cm³/mol. The topological polar surface area (TPSA) is 96.8 Å². The predicted octanol–water partition coefficient (Wildman–Crippen LogP) is 5.17. The van der Waals surface area contributed by atoms with E-state index in [0.29, 0.717) is 46.1 Å². The number of hydrogen-bond donors (Lipinski definition) is 1. The van der Waals surface area contributed by atoms with Gasteiger partial charge in [-0.3, -0.25) is 9.59 Å². The average Bonchev–Trinajstić information content (AvgIpc) is 3.67. The molecule has 1 spiro atoms. The maximum atomic E-state index is 13.3. The second-order valence-corrected chi connectivity index (χ2v) is 13.0. The highest BCUT2D eigenvalue weighted by Gasteiger charge is 2.76. The molecule has 2 aromatic carbocycles. The van der Waals surface area contributed by atoms with Crippen LogP contribution in [0.2, 0.25) is 5.02 Å². The number of hydrogen-bond acceptors (Lipinski definition) is 6. The molecule has 1 N–H and O–H groups in total. The zero-order chi connectivity index (χ0) is 30.1. The lowest BCUT2D eigenvalue weighted by Gasteiger charge is -2.50. The molecular weight excluding hydrogens is 566 g/mol. The van der Waals surface area contributed by atoms with Crippen LogP contribution in [0.3, 0.4) is 0 Å². The van der Waals surface area contributed by atoms with E-state index >= 15 is 0 Å². The van der Waals surface area contributed by atoms with Crippen molar-refractivity contribution >= 4 is 40.3 Å². The molecule has 10 heteroatoms. The van der Waals surface area contributed by atoms with Crippen molar-refractivity contribution in [2.45, 2.75) is 50.9 Å². The summed E-state index contributed by atoms with van der Waals surface area (Å²) in [6.07, 6.45) is 4.09. The Bertz CT molecular complexity index is 1820. The van der Waals surface area contributed by atoms with E-state index in [1.807, 2.05) is 66.6 Å². The zero-order valence-corrected chi connectivity index (χ0v) is 25.0. The van der Waals surface area contributed by atoms with Gasteiger partial charge in [-0.15, -0.1) is 0 Å². The van der Waals surface area contributed by atoms with E-state index in [-0.39, 0.29) is 35.6 Å². The monoisotopic (exact) mass is 597 g/mol. The SMILES string of the molecule is CC(C)(C)OC(=O)N1CC2CC23C1CN3c1ccc(C(=O)NCc2cn(-c3ccccc3)c3cc(Cl)ccc3c2=O)cn1. The Morgan fingerprint density at radius 2 is 1.88 bits per heavy atom. The van der Waals surface area contributed by atoms with Gasteiger partial charge < -0.3 is 24.4 Å². The van der Waals surface area contributed by atoms with Gasteiger partial charge in [0.2, 0.25) is 0 Å². The molecule has 43 heavy (non-hydrogen) atoms. The number of likely N-dealkylation sites (tertiary alicyclic amines) is 1. The molecule has 3 atom stereocenters. The Balaban J connectivity index is 1.05. The molecule has 3 unspecified atom stereocenters. The number of piperidine rings is 1. The molecule has 9 nitrogen and oxygen atoms in total. The molecule has 1 saturated carbocycles. The van der Waals surface area contributed by atoms with Crippen molar-refractivity contribution in [1.82, 2.24) is 19.8 Å². The Hall–Kier alpha value is -4.37.